The molecular formula is C14H22N2O2. The molecule has 0 aromatic heterocycles. The Hall–Kier alpha value is -1.55. The van der Waals surface area contributed by atoms with Crippen molar-refractivity contribution < 1.29 is 9.90 Å². The van der Waals surface area contributed by atoms with Crippen LogP contribution in [0.4, 0.5) is 4.79 Å². The van der Waals surface area contributed by atoms with Crippen molar-refractivity contribution in [2.75, 3.05) is 19.7 Å². The fraction of sp³-hybridized carbons (Fsp3) is 0.500. The van der Waals surface area contributed by atoms with Crippen molar-refractivity contribution in [1.29, 1.82) is 0 Å². The van der Waals surface area contributed by atoms with E-state index in [1.807, 2.05) is 26.0 Å². The molecule has 0 radical (unpaired) electrons. The Morgan fingerprint density at radius 2 is 2.11 bits per heavy atom. The molecule has 0 saturated heterocycles. The third-order valence-electron chi connectivity index (χ3n) is 2.97. The molecule has 0 atom stereocenters. The van der Waals surface area contributed by atoms with E-state index in [2.05, 4.69) is 18.3 Å². The van der Waals surface area contributed by atoms with Gasteiger partial charge in [-0.05, 0) is 31.9 Å². The summed E-state index contributed by atoms with van der Waals surface area (Å²) in [6, 6.07) is 6.05. The van der Waals surface area contributed by atoms with E-state index in [9.17, 15) is 4.79 Å². The van der Waals surface area contributed by atoms with E-state index in [-0.39, 0.29) is 12.6 Å². The van der Waals surface area contributed by atoms with Crippen LogP contribution in [-0.4, -0.2) is 35.7 Å². The summed E-state index contributed by atoms with van der Waals surface area (Å²) in [6.45, 7) is 7.47. The van der Waals surface area contributed by atoms with Crippen LogP contribution < -0.4 is 5.32 Å². The maximum Gasteiger partial charge on any atom is 0.317 e. The summed E-state index contributed by atoms with van der Waals surface area (Å²) in [7, 11) is 0. The molecule has 100 valence electrons. The standard InChI is InChI=1S/C14H22N2O2/c1-4-16(7-8-17)14(18)15-10-13-6-5-11(2)9-12(13)3/h5-6,9,17H,4,7-8,10H2,1-3H3,(H,15,18). The molecule has 0 spiro atoms. The van der Waals surface area contributed by atoms with Crippen LogP contribution in [0.5, 0.6) is 0 Å². The number of amides is 2. The monoisotopic (exact) mass is 250 g/mol. The summed E-state index contributed by atoms with van der Waals surface area (Å²) in [5.74, 6) is 0. The smallest absolute Gasteiger partial charge is 0.317 e. The molecule has 18 heavy (non-hydrogen) atoms. The van der Waals surface area contributed by atoms with E-state index < -0.39 is 0 Å². The summed E-state index contributed by atoms with van der Waals surface area (Å²) in [5, 5.41) is 11.7. The lowest BCUT2D eigenvalue weighted by Gasteiger charge is -2.20. The van der Waals surface area contributed by atoms with Gasteiger partial charge in [0, 0.05) is 19.6 Å². The van der Waals surface area contributed by atoms with Crippen LogP contribution in [0.3, 0.4) is 0 Å². The maximum absolute atomic E-state index is 11.8. The number of hydrogen-bond donors (Lipinski definition) is 2. The zero-order valence-corrected chi connectivity index (χ0v) is 11.4. The van der Waals surface area contributed by atoms with Crippen molar-refractivity contribution in [3.8, 4) is 0 Å². The van der Waals surface area contributed by atoms with E-state index in [1.165, 1.54) is 11.1 Å². The third kappa shape index (κ3) is 4.04. The minimum Gasteiger partial charge on any atom is -0.395 e. The molecule has 0 bridgehead atoms. The van der Waals surface area contributed by atoms with Gasteiger partial charge in [0.05, 0.1) is 6.61 Å². The number of carbonyl (C=O) groups excluding carboxylic acids is 1. The second-order valence-electron chi connectivity index (χ2n) is 4.39. The second kappa shape index (κ2) is 7.01. The number of likely N-dealkylation sites (N-methyl/N-ethyl adjacent to an activating group) is 1. The minimum atomic E-state index is -0.133. The highest BCUT2D eigenvalue weighted by molar-refractivity contribution is 5.74. The van der Waals surface area contributed by atoms with E-state index >= 15 is 0 Å². The number of benzene rings is 1. The van der Waals surface area contributed by atoms with E-state index in [4.69, 9.17) is 5.11 Å². The van der Waals surface area contributed by atoms with E-state index in [1.54, 1.807) is 4.90 Å². The SMILES string of the molecule is CCN(CCO)C(=O)NCc1ccc(C)cc1C. The average Bonchev–Trinajstić information content (AvgIpc) is 2.34. The highest BCUT2D eigenvalue weighted by atomic mass is 16.3. The van der Waals surface area contributed by atoms with E-state index in [0.29, 0.717) is 19.6 Å². The Morgan fingerprint density at radius 3 is 2.67 bits per heavy atom. The molecule has 4 nitrogen and oxygen atoms in total. The highest BCUT2D eigenvalue weighted by Crippen LogP contribution is 2.10. The van der Waals surface area contributed by atoms with Gasteiger partial charge in [0.25, 0.3) is 0 Å². The summed E-state index contributed by atoms with van der Waals surface area (Å²) in [5.41, 5.74) is 3.52. The molecule has 0 aliphatic rings. The topological polar surface area (TPSA) is 52.6 Å². The van der Waals surface area contributed by atoms with Crippen molar-refractivity contribution in [3.63, 3.8) is 0 Å². The number of urea groups is 1. The predicted molar refractivity (Wildman–Crippen MR) is 72.5 cm³/mol. The summed E-state index contributed by atoms with van der Waals surface area (Å²) in [4.78, 5) is 13.4. The van der Waals surface area contributed by atoms with Gasteiger partial charge in [-0.1, -0.05) is 23.8 Å². The fourth-order valence-electron chi connectivity index (χ4n) is 1.85. The number of rotatable bonds is 5. The molecule has 2 amide bonds. The van der Waals surface area contributed by atoms with Crippen LogP contribution in [0, 0.1) is 13.8 Å². The van der Waals surface area contributed by atoms with Gasteiger partial charge in [-0.2, -0.15) is 0 Å². The summed E-state index contributed by atoms with van der Waals surface area (Å²) in [6.07, 6.45) is 0. The zero-order valence-electron chi connectivity index (χ0n) is 11.4. The molecule has 2 N–H and O–H groups in total. The first-order chi connectivity index (χ1) is 8.58. The summed E-state index contributed by atoms with van der Waals surface area (Å²) < 4.78 is 0. The number of nitrogens with one attached hydrogen (secondary N) is 1. The quantitative estimate of drug-likeness (QED) is 0.837. The lowest BCUT2D eigenvalue weighted by molar-refractivity contribution is 0.180. The van der Waals surface area contributed by atoms with E-state index in [0.717, 1.165) is 5.56 Å². The Labute approximate surface area is 109 Å². The van der Waals surface area contributed by atoms with Gasteiger partial charge in [0.1, 0.15) is 0 Å². The molecular weight excluding hydrogens is 228 g/mol. The number of aliphatic hydroxyl groups is 1. The van der Waals surface area contributed by atoms with Crippen LogP contribution in [0.15, 0.2) is 18.2 Å². The van der Waals surface area contributed by atoms with Gasteiger partial charge >= 0.3 is 6.03 Å². The average molecular weight is 250 g/mol. The largest absolute Gasteiger partial charge is 0.395 e. The minimum absolute atomic E-state index is 0.00911. The third-order valence-corrected chi connectivity index (χ3v) is 2.97. The molecule has 0 aliphatic heterocycles. The molecule has 0 fully saturated rings. The van der Waals surface area contributed by atoms with Crippen LogP contribution in [0.2, 0.25) is 0 Å². The maximum atomic E-state index is 11.8. The predicted octanol–water partition coefficient (Wildman–Crippen LogP) is 1.83. The van der Waals surface area contributed by atoms with Crippen molar-refractivity contribution in [2.24, 2.45) is 0 Å². The molecule has 0 heterocycles. The number of nitrogens with zero attached hydrogens (tertiary/aromatic N) is 1. The molecule has 0 saturated carbocycles. The number of hydrogen-bond acceptors (Lipinski definition) is 2. The van der Waals surface area contributed by atoms with Gasteiger partial charge < -0.3 is 15.3 Å². The first kappa shape index (κ1) is 14.5. The van der Waals surface area contributed by atoms with Crippen LogP contribution >= 0.6 is 0 Å². The molecule has 1 rings (SSSR count). The van der Waals surface area contributed by atoms with Crippen LogP contribution in [0.25, 0.3) is 0 Å². The first-order valence-corrected chi connectivity index (χ1v) is 6.28. The van der Waals surface area contributed by atoms with Crippen molar-refractivity contribution in [1.82, 2.24) is 10.2 Å². The molecule has 4 heteroatoms. The first-order valence-electron chi connectivity index (χ1n) is 6.28. The Kier molecular flexibility index (Phi) is 5.65. The van der Waals surface area contributed by atoms with Gasteiger partial charge in [0.15, 0.2) is 0 Å². The normalized spacial score (nSPS) is 10.2. The Morgan fingerprint density at radius 1 is 1.39 bits per heavy atom. The zero-order chi connectivity index (χ0) is 13.5. The number of aryl methyl sites for hydroxylation is 2. The molecule has 1 aromatic carbocycles. The lowest BCUT2D eigenvalue weighted by atomic mass is 10.1. The van der Waals surface area contributed by atoms with Gasteiger partial charge in [-0.25, -0.2) is 4.79 Å². The van der Waals surface area contributed by atoms with Gasteiger partial charge in [0.2, 0.25) is 0 Å². The van der Waals surface area contributed by atoms with Crippen LogP contribution in [-0.2, 0) is 6.54 Å². The van der Waals surface area contributed by atoms with Gasteiger partial charge in [-0.3, -0.25) is 0 Å². The van der Waals surface area contributed by atoms with Crippen molar-refractivity contribution in [2.45, 2.75) is 27.3 Å². The molecule has 0 unspecified atom stereocenters. The highest BCUT2D eigenvalue weighted by Gasteiger charge is 2.10. The Balaban J connectivity index is 2.56. The summed E-state index contributed by atoms with van der Waals surface area (Å²) >= 11 is 0. The van der Waals surface area contributed by atoms with Crippen molar-refractivity contribution in [3.05, 3.63) is 34.9 Å². The van der Waals surface area contributed by atoms with Crippen LogP contribution in [0.1, 0.15) is 23.6 Å². The van der Waals surface area contributed by atoms with Crippen molar-refractivity contribution >= 4 is 6.03 Å². The van der Waals surface area contributed by atoms with Gasteiger partial charge in [-0.15, -0.1) is 0 Å². The Bertz CT molecular complexity index is 405. The second-order valence-corrected chi connectivity index (χ2v) is 4.39. The number of carbonyl (C=O) groups is 1. The number of aliphatic hydroxyl groups excluding tert-OH is 1. The fourth-order valence-corrected chi connectivity index (χ4v) is 1.85. The molecule has 0 aliphatic carbocycles. The molecule has 1 aromatic rings. The lowest BCUT2D eigenvalue weighted by Crippen LogP contribution is -2.41.